The van der Waals surface area contributed by atoms with Gasteiger partial charge in [0.2, 0.25) is 11.8 Å². The van der Waals surface area contributed by atoms with E-state index in [0.29, 0.717) is 17.1 Å². The molecule has 1 aliphatic rings. The van der Waals surface area contributed by atoms with E-state index in [-0.39, 0.29) is 31.2 Å². The number of carbonyl (C=O) groups excluding carboxylic acids is 3. The first-order chi connectivity index (χ1) is 15.4. The first kappa shape index (κ1) is 23.1. The third-order valence-corrected chi connectivity index (χ3v) is 5.57. The van der Waals surface area contributed by atoms with Crippen LogP contribution in [0.5, 0.6) is 11.5 Å². The molecule has 170 valence electrons. The molecule has 1 heterocycles. The Kier molecular flexibility index (Phi) is 7.35. The van der Waals surface area contributed by atoms with E-state index in [1.165, 1.54) is 21.3 Å². The van der Waals surface area contributed by atoms with E-state index in [9.17, 15) is 14.4 Å². The Hall–Kier alpha value is -3.55. The topological polar surface area (TPSA) is 94.2 Å². The molecule has 8 nitrogen and oxygen atoms in total. The summed E-state index contributed by atoms with van der Waals surface area (Å²) in [5, 5.41) is 2.92. The molecule has 2 amide bonds. The second-order valence-corrected chi connectivity index (χ2v) is 7.70. The number of esters is 1. The molecule has 8 heteroatoms. The highest BCUT2D eigenvalue weighted by Gasteiger charge is 2.36. The van der Waals surface area contributed by atoms with Gasteiger partial charge >= 0.3 is 5.97 Å². The molecule has 32 heavy (non-hydrogen) atoms. The Balaban J connectivity index is 1.77. The Bertz CT molecular complexity index is 988. The zero-order valence-corrected chi connectivity index (χ0v) is 18.7. The normalized spacial score (nSPS) is 16.4. The maximum atomic E-state index is 13.1. The highest BCUT2D eigenvalue weighted by Crippen LogP contribution is 2.32. The minimum Gasteiger partial charge on any atom is -0.493 e. The number of amides is 2. The fourth-order valence-corrected chi connectivity index (χ4v) is 3.72. The van der Waals surface area contributed by atoms with Crippen LogP contribution in [0.15, 0.2) is 42.5 Å². The third-order valence-electron chi connectivity index (χ3n) is 5.57. The minimum atomic E-state index is -0.640. The molecule has 1 N–H and O–H groups in total. The number of methoxy groups -OCH3 is 3. The molecule has 0 radical (unpaired) electrons. The van der Waals surface area contributed by atoms with Gasteiger partial charge in [0, 0.05) is 18.7 Å². The Morgan fingerprint density at radius 3 is 2.38 bits per heavy atom. The van der Waals surface area contributed by atoms with Gasteiger partial charge in [0.15, 0.2) is 11.5 Å². The average molecular weight is 440 g/mol. The Morgan fingerprint density at radius 1 is 1.06 bits per heavy atom. The van der Waals surface area contributed by atoms with E-state index in [0.717, 1.165) is 11.3 Å². The van der Waals surface area contributed by atoms with Gasteiger partial charge in [-0.3, -0.25) is 14.4 Å². The molecule has 2 atom stereocenters. The summed E-state index contributed by atoms with van der Waals surface area (Å²) in [5.41, 5.74) is 2.53. The quantitative estimate of drug-likeness (QED) is 0.635. The average Bonchev–Trinajstić information content (AvgIpc) is 3.20. The first-order valence-corrected chi connectivity index (χ1v) is 10.3. The van der Waals surface area contributed by atoms with Crippen LogP contribution in [-0.4, -0.2) is 45.7 Å². The predicted molar refractivity (Wildman–Crippen MR) is 119 cm³/mol. The highest BCUT2D eigenvalue weighted by molar-refractivity contribution is 6.00. The largest absolute Gasteiger partial charge is 0.493 e. The van der Waals surface area contributed by atoms with Crippen LogP contribution in [0.4, 0.5) is 5.69 Å². The van der Waals surface area contributed by atoms with Crippen LogP contribution in [0.25, 0.3) is 0 Å². The van der Waals surface area contributed by atoms with Gasteiger partial charge in [-0.2, -0.15) is 0 Å². The van der Waals surface area contributed by atoms with Crippen molar-refractivity contribution < 1.29 is 28.6 Å². The van der Waals surface area contributed by atoms with Crippen LogP contribution in [0.3, 0.4) is 0 Å². The number of anilines is 1. The number of rotatable bonds is 8. The van der Waals surface area contributed by atoms with Crippen molar-refractivity contribution in [3.63, 3.8) is 0 Å². The maximum absolute atomic E-state index is 13.1. The molecule has 0 aromatic heterocycles. The number of hydrogen-bond acceptors (Lipinski definition) is 6. The molecule has 0 spiro atoms. The van der Waals surface area contributed by atoms with Crippen molar-refractivity contribution in [2.45, 2.75) is 25.8 Å². The van der Waals surface area contributed by atoms with Gasteiger partial charge in [-0.15, -0.1) is 0 Å². The fraction of sp³-hybridized carbons (Fsp3) is 0.375. The van der Waals surface area contributed by atoms with Crippen molar-refractivity contribution in [2.75, 3.05) is 32.8 Å². The van der Waals surface area contributed by atoms with Crippen molar-refractivity contribution in [3.05, 3.63) is 53.6 Å². The van der Waals surface area contributed by atoms with Crippen LogP contribution in [0.2, 0.25) is 0 Å². The first-order valence-electron chi connectivity index (χ1n) is 10.3. The lowest BCUT2D eigenvalue weighted by Crippen LogP contribution is -2.36. The van der Waals surface area contributed by atoms with E-state index in [1.807, 2.05) is 31.2 Å². The van der Waals surface area contributed by atoms with Crippen LogP contribution in [0, 0.1) is 12.8 Å². The molecule has 2 aromatic rings. The van der Waals surface area contributed by atoms with Gasteiger partial charge in [-0.1, -0.05) is 23.8 Å². The molecule has 1 aliphatic heterocycles. The van der Waals surface area contributed by atoms with Crippen LogP contribution >= 0.6 is 0 Å². The number of ether oxygens (including phenoxy) is 3. The zero-order chi connectivity index (χ0) is 23.3. The number of aryl methyl sites for hydroxylation is 1. The molecule has 0 unspecified atom stereocenters. The number of hydrogen-bond donors (Lipinski definition) is 1. The molecule has 3 rings (SSSR count). The number of benzene rings is 2. The van der Waals surface area contributed by atoms with E-state index < -0.39 is 17.9 Å². The van der Waals surface area contributed by atoms with E-state index >= 15 is 0 Å². The van der Waals surface area contributed by atoms with Gasteiger partial charge in [0.1, 0.15) is 0 Å². The SMILES string of the molecule is COC(=O)C[C@H](NC(=O)[C@@H]1CC(=O)N(c2ccc(C)cc2)C1)c1ccc(OC)c(OC)c1. The monoisotopic (exact) mass is 440 g/mol. The molecular formula is C24H28N2O6. The lowest BCUT2D eigenvalue weighted by atomic mass is 10.0. The molecule has 1 fully saturated rings. The summed E-state index contributed by atoms with van der Waals surface area (Å²) in [7, 11) is 4.34. The van der Waals surface area contributed by atoms with Crippen molar-refractivity contribution in [1.29, 1.82) is 0 Å². The van der Waals surface area contributed by atoms with Crippen LogP contribution in [-0.2, 0) is 19.1 Å². The summed E-state index contributed by atoms with van der Waals surface area (Å²) in [6.45, 7) is 2.26. The second kappa shape index (κ2) is 10.2. The zero-order valence-electron chi connectivity index (χ0n) is 18.7. The standard InChI is InChI=1S/C24H28N2O6/c1-15-5-8-18(9-6-15)26-14-17(12-22(26)27)24(29)25-19(13-23(28)32-4)16-7-10-20(30-2)21(11-16)31-3/h5-11,17,19H,12-14H2,1-4H3,(H,25,29)/t17-,19+/m1/s1. The van der Waals surface area contributed by atoms with Gasteiger partial charge in [0.05, 0.1) is 39.7 Å². The van der Waals surface area contributed by atoms with Crippen molar-refractivity contribution in [1.82, 2.24) is 5.32 Å². The predicted octanol–water partition coefficient (Wildman–Crippen LogP) is 2.79. The van der Waals surface area contributed by atoms with Crippen molar-refractivity contribution >= 4 is 23.5 Å². The summed E-state index contributed by atoms with van der Waals surface area (Å²) >= 11 is 0. The smallest absolute Gasteiger partial charge is 0.307 e. The molecule has 0 saturated carbocycles. The third kappa shape index (κ3) is 5.19. The van der Waals surface area contributed by atoms with Crippen molar-refractivity contribution in [2.24, 2.45) is 5.92 Å². The van der Waals surface area contributed by atoms with Gasteiger partial charge < -0.3 is 24.4 Å². The summed E-state index contributed by atoms with van der Waals surface area (Å²) in [4.78, 5) is 39.2. The van der Waals surface area contributed by atoms with E-state index in [1.54, 1.807) is 23.1 Å². The lowest BCUT2D eigenvalue weighted by molar-refractivity contribution is -0.141. The van der Waals surface area contributed by atoms with E-state index in [2.05, 4.69) is 5.32 Å². The lowest BCUT2D eigenvalue weighted by Gasteiger charge is -2.22. The van der Waals surface area contributed by atoms with Gasteiger partial charge in [-0.25, -0.2) is 0 Å². The second-order valence-electron chi connectivity index (χ2n) is 7.70. The summed E-state index contributed by atoms with van der Waals surface area (Å²) in [6.07, 6.45) is 0.0522. The minimum absolute atomic E-state index is 0.0555. The highest BCUT2D eigenvalue weighted by atomic mass is 16.5. The summed E-state index contributed by atoms with van der Waals surface area (Å²) < 4.78 is 15.4. The number of nitrogens with one attached hydrogen (secondary N) is 1. The summed E-state index contributed by atoms with van der Waals surface area (Å²) in [6, 6.07) is 12.1. The number of carbonyl (C=O) groups is 3. The molecular weight excluding hydrogens is 412 g/mol. The Labute approximate surface area is 187 Å². The maximum Gasteiger partial charge on any atom is 0.307 e. The van der Waals surface area contributed by atoms with Crippen LogP contribution < -0.4 is 19.7 Å². The van der Waals surface area contributed by atoms with Crippen LogP contribution in [0.1, 0.15) is 30.0 Å². The van der Waals surface area contributed by atoms with E-state index in [4.69, 9.17) is 14.2 Å². The van der Waals surface area contributed by atoms with Crippen molar-refractivity contribution in [3.8, 4) is 11.5 Å². The summed E-state index contributed by atoms with van der Waals surface area (Å²) in [5.74, 6) is -0.371. The molecule has 2 aromatic carbocycles. The molecule has 0 bridgehead atoms. The Morgan fingerprint density at radius 2 is 1.75 bits per heavy atom. The fourth-order valence-electron chi connectivity index (χ4n) is 3.72. The number of nitrogens with zero attached hydrogens (tertiary/aromatic N) is 1. The van der Waals surface area contributed by atoms with Gasteiger partial charge in [0.25, 0.3) is 0 Å². The van der Waals surface area contributed by atoms with Gasteiger partial charge in [-0.05, 0) is 36.8 Å². The molecule has 0 aliphatic carbocycles. The molecule has 1 saturated heterocycles.